The Bertz CT molecular complexity index is 872. The molecule has 0 aliphatic heterocycles. The maximum absolute atomic E-state index is 12.1. The molecule has 1 amide bonds. The summed E-state index contributed by atoms with van der Waals surface area (Å²) in [5.41, 5.74) is 0.677. The fourth-order valence-electron chi connectivity index (χ4n) is 1.98. The zero-order chi connectivity index (χ0) is 16.2. The Morgan fingerprint density at radius 2 is 2.00 bits per heavy atom. The van der Waals surface area contributed by atoms with Crippen molar-refractivity contribution in [3.63, 3.8) is 0 Å². The lowest BCUT2D eigenvalue weighted by atomic mass is 10.2. The number of nitrogens with zero attached hydrogens (tertiary/aromatic N) is 3. The molecule has 0 radical (unpaired) electrons. The zero-order valence-electron chi connectivity index (χ0n) is 11.8. The van der Waals surface area contributed by atoms with E-state index in [0.717, 1.165) is 4.57 Å². The molecule has 0 aliphatic rings. The van der Waals surface area contributed by atoms with E-state index in [0.29, 0.717) is 16.4 Å². The van der Waals surface area contributed by atoms with E-state index in [1.807, 2.05) is 6.07 Å². The molecule has 8 heteroatoms. The first-order chi connectivity index (χ1) is 11.1. The molecule has 0 aliphatic carbocycles. The summed E-state index contributed by atoms with van der Waals surface area (Å²) in [6, 6.07) is 12.1. The van der Waals surface area contributed by atoms with Gasteiger partial charge in [0.15, 0.2) is 5.82 Å². The van der Waals surface area contributed by atoms with E-state index >= 15 is 0 Å². The number of aromatic nitrogens is 3. The predicted molar refractivity (Wildman–Crippen MR) is 84.1 cm³/mol. The zero-order valence-corrected chi connectivity index (χ0v) is 12.5. The minimum atomic E-state index is -0.705. The summed E-state index contributed by atoms with van der Waals surface area (Å²) < 4.78 is 5.81. The maximum atomic E-state index is 12.1. The highest BCUT2D eigenvalue weighted by Gasteiger charge is 2.15. The third-order valence-corrected chi connectivity index (χ3v) is 3.24. The highest BCUT2D eigenvalue weighted by atomic mass is 35.5. The number of nitrogens with one attached hydrogen (secondary N) is 1. The molecule has 0 atom stereocenters. The Morgan fingerprint density at radius 1 is 1.22 bits per heavy atom. The molecular weight excluding hydrogens is 320 g/mol. The second-order valence-corrected chi connectivity index (χ2v) is 5.07. The number of carbonyl (C=O) groups is 1. The van der Waals surface area contributed by atoms with Crippen LogP contribution in [0.25, 0.3) is 11.4 Å². The van der Waals surface area contributed by atoms with E-state index in [-0.39, 0.29) is 12.4 Å². The quantitative estimate of drug-likeness (QED) is 0.792. The van der Waals surface area contributed by atoms with Gasteiger partial charge >= 0.3 is 5.76 Å². The second-order valence-electron chi connectivity index (χ2n) is 4.63. The van der Waals surface area contributed by atoms with Crippen molar-refractivity contribution in [1.82, 2.24) is 14.7 Å². The molecule has 2 heterocycles. The highest BCUT2D eigenvalue weighted by molar-refractivity contribution is 6.30. The van der Waals surface area contributed by atoms with Crippen molar-refractivity contribution < 1.29 is 9.32 Å². The molecule has 0 saturated carbocycles. The molecular formula is C15H11ClN4O3. The monoisotopic (exact) mass is 330 g/mol. The first-order valence-electron chi connectivity index (χ1n) is 6.67. The van der Waals surface area contributed by atoms with Crippen molar-refractivity contribution in [1.29, 1.82) is 0 Å². The number of carbonyl (C=O) groups excluding carboxylic acids is 1. The standard InChI is InChI=1S/C15H11ClN4O3/c16-11-6-7-12(17-8-11)18-13(21)9-20-14(19-23-15(20)22)10-4-2-1-3-5-10/h1-8H,9H2,(H,17,18,21). The van der Waals surface area contributed by atoms with Gasteiger partial charge in [-0.15, -0.1) is 0 Å². The number of hydrogen-bond acceptors (Lipinski definition) is 5. The van der Waals surface area contributed by atoms with Gasteiger partial charge in [0, 0.05) is 11.8 Å². The van der Waals surface area contributed by atoms with E-state index in [1.54, 1.807) is 36.4 Å². The van der Waals surface area contributed by atoms with Crippen LogP contribution in [0.5, 0.6) is 0 Å². The van der Waals surface area contributed by atoms with Crippen LogP contribution in [-0.2, 0) is 11.3 Å². The average Bonchev–Trinajstić information content (AvgIpc) is 2.91. The fourth-order valence-corrected chi connectivity index (χ4v) is 2.09. The van der Waals surface area contributed by atoms with Crippen molar-refractivity contribution in [2.45, 2.75) is 6.54 Å². The number of amides is 1. The second kappa shape index (κ2) is 6.45. The van der Waals surface area contributed by atoms with E-state index in [2.05, 4.69) is 20.0 Å². The topological polar surface area (TPSA) is 90.0 Å². The number of pyridine rings is 1. The highest BCUT2D eigenvalue weighted by Crippen LogP contribution is 2.15. The Hall–Kier alpha value is -2.93. The van der Waals surface area contributed by atoms with Crippen molar-refractivity contribution in [2.24, 2.45) is 0 Å². The summed E-state index contributed by atoms with van der Waals surface area (Å²) in [5.74, 6) is -0.509. The third-order valence-electron chi connectivity index (χ3n) is 3.01. The van der Waals surface area contributed by atoms with E-state index < -0.39 is 11.7 Å². The van der Waals surface area contributed by atoms with E-state index in [9.17, 15) is 9.59 Å². The Balaban J connectivity index is 1.80. The van der Waals surface area contributed by atoms with Crippen molar-refractivity contribution >= 4 is 23.3 Å². The minimum Gasteiger partial charge on any atom is -0.309 e. The summed E-state index contributed by atoms with van der Waals surface area (Å²) >= 11 is 5.73. The summed E-state index contributed by atoms with van der Waals surface area (Å²) in [6.07, 6.45) is 1.41. The SMILES string of the molecule is O=C(Cn1c(-c2ccccc2)noc1=O)Nc1ccc(Cl)cn1. The van der Waals surface area contributed by atoms with Gasteiger partial charge in [0.2, 0.25) is 5.91 Å². The van der Waals surface area contributed by atoms with Gasteiger partial charge in [-0.1, -0.05) is 47.1 Å². The van der Waals surface area contributed by atoms with Gasteiger partial charge in [-0.05, 0) is 12.1 Å². The average molecular weight is 331 g/mol. The smallest absolute Gasteiger partial charge is 0.309 e. The van der Waals surface area contributed by atoms with Gasteiger partial charge < -0.3 is 5.32 Å². The van der Waals surface area contributed by atoms with E-state index in [1.165, 1.54) is 6.20 Å². The molecule has 7 nitrogen and oxygen atoms in total. The Labute approximate surface area is 135 Å². The Kier molecular flexibility index (Phi) is 4.20. The van der Waals surface area contributed by atoms with Crippen molar-refractivity contribution in [3.05, 3.63) is 64.2 Å². The summed E-state index contributed by atoms with van der Waals surface area (Å²) in [6.45, 7) is -0.239. The molecule has 23 heavy (non-hydrogen) atoms. The minimum absolute atomic E-state index is 0.239. The van der Waals surface area contributed by atoms with Crippen LogP contribution in [0.1, 0.15) is 0 Å². The van der Waals surface area contributed by atoms with Gasteiger partial charge in [0.1, 0.15) is 12.4 Å². The lowest BCUT2D eigenvalue weighted by Crippen LogP contribution is -2.25. The van der Waals surface area contributed by atoms with Gasteiger partial charge in [0.25, 0.3) is 0 Å². The summed E-state index contributed by atoms with van der Waals surface area (Å²) in [5, 5.41) is 6.76. The number of benzene rings is 1. The fraction of sp³-hybridized carbons (Fsp3) is 0.0667. The predicted octanol–water partition coefficient (Wildman–Crippen LogP) is 2.19. The third kappa shape index (κ3) is 3.46. The summed E-state index contributed by atoms with van der Waals surface area (Å²) in [7, 11) is 0. The number of rotatable bonds is 4. The van der Waals surface area contributed by atoms with E-state index in [4.69, 9.17) is 11.6 Å². The molecule has 0 spiro atoms. The lowest BCUT2D eigenvalue weighted by Gasteiger charge is -2.06. The Morgan fingerprint density at radius 3 is 2.70 bits per heavy atom. The van der Waals surface area contributed by atoms with Crippen LogP contribution in [0.3, 0.4) is 0 Å². The van der Waals surface area contributed by atoms with Crippen LogP contribution in [-0.4, -0.2) is 20.6 Å². The van der Waals surface area contributed by atoms with Crippen LogP contribution >= 0.6 is 11.6 Å². The van der Waals surface area contributed by atoms with Gasteiger partial charge in [-0.3, -0.25) is 9.32 Å². The molecule has 3 aromatic rings. The van der Waals surface area contributed by atoms with Crippen LogP contribution in [0.2, 0.25) is 5.02 Å². The van der Waals surface area contributed by atoms with Gasteiger partial charge in [-0.25, -0.2) is 14.3 Å². The van der Waals surface area contributed by atoms with Crippen molar-refractivity contribution in [3.8, 4) is 11.4 Å². The molecule has 1 N–H and O–H groups in total. The molecule has 0 unspecified atom stereocenters. The first kappa shape index (κ1) is 15.0. The number of halogens is 1. The van der Waals surface area contributed by atoms with Gasteiger partial charge in [0.05, 0.1) is 5.02 Å². The molecule has 1 aromatic carbocycles. The normalized spacial score (nSPS) is 10.5. The molecule has 0 bridgehead atoms. The van der Waals surface area contributed by atoms with Crippen molar-refractivity contribution in [2.75, 3.05) is 5.32 Å². The molecule has 116 valence electrons. The molecule has 3 rings (SSSR count). The lowest BCUT2D eigenvalue weighted by molar-refractivity contribution is -0.116. The summed E-state index contributed by atoms with van der Waals surface area (Å²) in [4.78, 5) is 27.8. The van der Waals surface area contributed by atoms with Gasteiger partial charge in [-0.2, -0.15) is 0 Å². The number of hydrogen-bond donors (Lipinski definition) is 1. The van der Waals surface area contributed by atoms with Crippen LogP contribution in [0.4, 0.5) is 5.82 Å². The molecule has 0 fully saturated rings. The maximum Gasteiger partial charge on any atom is 0.442 e. The van der Waals surface area contributed by atoms with Crippen LogP contribution < -0.4 is 11.1 Å². The first-order valence-corrected chi connectivity index (χ1v) is 7.04. The van der Waals surface area contributed by atoms with Crippen LogP contribution in [0, 0.1) is 0 Å². The molecule has 0 saturated heterocycles. The largest absolute Gasteiger partial charge is 0.442 e. The van der Waals surface area contributed by atoms with Crippen LogP contribution in [0.15, 0.2) is 58.0 Å². The number of anilines is 1. The molecule has 2 aromatic heterocycles.